The van der Waals surface area contributed by atoms with E-state index in [2.05, 4.69) is 32.8 Å². The van der Waals surface area contributed by atoms with Crippen molar-refractivity contribution in [2.24, 2.45) is 0 Å². The Balaban J connectivity index is 1.33. The molecule has 2 atom stereocenters. The SMILES string of the molecule is O=C(N[C@H]1CN2CCCCCC12)c1nsc2cc(C3CC3)ccc12. The molecule has 1 N–H and O–H groups in total. The number of carbonyl (C=O) groups is 1. The maximum Gasteiger partial charge on any atom is 0.271 e. The fourth-order valence-corrected chi connectivity index (χ4v) is 5.10. The van der Waals surface area contributed by atoms with Crippen LogP contribution in [-0.4, -0.2) is 40.4 Å². The Hall–Kier alpha value is -1.46. The Labute approximate surface area is 146 Å². The summed E-state index contributed by atoms with van der Waals surface area (Å²) in [5.74, 6) is 0.749. The summed E-state index contributed by atoms with van der Waals surface area (Å²) in [5.41, 5.74) is 2.02. The van der Waals surface area contributed by atoms with Crippen LogP contribution in [0.5, 0.6) is 0 Å². The molecule has 1 amide bonds. The molecule has 0 bridgehead atoms. The van der Waals surface area contributed by atoms with Gasteiger partial charge in [-0.3, -0.25) is 9.69 Å². The Morgan fingerprint density at radius 1 is 1.21 bits per heavy atom. The van der Waals surface area contributed by atoms with E-state index in [1.165, 1.54) is 62.2 Å². The molecular formula is C19H23N3OS. The first-order chi connectivity index (χ1) is 11.8. The van der Waals surface area contributed by atoms with Crippen molar-refractivity contribution in [3.8, 4) is 0 Å². The van der Waals surface area contributed by atoms with Crippen LogP contribution in [0.25, 0.3) is 10.1 Å². The van der Waals surface area contributed by atoms with E-state index in [0.29, 0.717) is 17.8 Å². The van der Waals surface area contributed by atoms with Gasteiger partial charge in [-0.1, -0.05) is 25.0 Å². The molecule has 5 rings (SSSR count). The molecule has 2 aliphatic heterocycles. The number of nitrogens with one attached hydrogen (secondary N) is 1. The topological polar surface area (TPSA) is 45.2 Å². The van der Waals surface area contributed by atoms with Crippen LogP contribution in [0.1, 0.15) is 60.5 Å². The average molecular weight is 341 g/mol. The number of nitrogens with zero attached hydrogens (tertiary/aromatic N) is 2. The molecule has 1 saturated carbocycles. The standard InChI is InChI=1S/C19H23N3OS/c23-19(20-15-11-22-9-3-1-2-4-16(15)22)18-14-8-7-13(12-5-6-12)10-17(14)24-21-18/h7-8,10,12,15-16H,1-6,9,11H2,(H,20,23)/t15-,16?/m0/s1. The zero-order valence-electron chi connectivity index (χ0n) is 13.8. The number of rotatable bonds is 3. The van der Waals surface area contributed by atoms with E-state index in [-0.39, 0.29) is 5.91 Å². The highest BCUT2D eigenvalue weighted by atomic mass is 32.1. The zero-order valence-corrected chi connectivity index (χ0v) is 14.6. The molecule has 3 heterocycles. The van der Waals surface area contributed by atoms with Gasteiger partial charge in [0, 0.05) is 18.0 Å². The van der Waals surface area contributed by atoms with Crippen LogP contribution < -0.4 is 5.32 Å². The van der Waals surface area contributed by atoms with Gasteiger partial charge in [-0.15, -0.1) is 0 Å². The van der Waals surface area contributed by atoms with Crippen LogP contribution in [0, 0.1) is 0 Å². The third kappa shape index (κ3) is 2.54. The number of aromatic nitrogens is 1. The van der Waals surface area contributed by atoms with Crippen molar-refractivity contribution >= 4 is 27.5 Å². The molecule has 1 aromatic heterocycles. The molecule has 2 saturated heterocycles. The summed E-state index contributed by atoms with van der Waals surface area (Å²) < 4.78 is 5.61. The molecule has 3 fully saturated rings. The lowest BCUT2D eigenvalue weighted by Crippen LogP contribution is -2.66. The summed E-state index contributed by atoms with van der Waals surface area (Å²) in [6.45, 7) is 2.20. The maximum atomic E-state index is 12.7. The summed E-state index contributed by atoms with van der Waals surface area (Å²) in [6.07, 6.45) is 7.74. The predicted octanol–water partition coefficient (Wildman–Crippen LogP) is 3.53. The summed E-state index contributed by atoms with van der Waals surface area (Å²) in [5, 5.41) is 4.26. The molecule has 2 aromatic rings. The van der Waals surface area contributed by atoms with Gasteiger partial charge in [0.05, 0.1) is 10.7 Å². The van der Waals surface area contributed by atoms with E-state index in [1.54, 1.807) is 0 Å². The third-order valence-electron chi connectivity index (χ3n) is 5.89. The molecule has 1 aromatic carbocycles. The normalized spacial score (nSPS) is 27.3. The van der Waals surface area contributed by atoms with Crippen molar-refractivity contribution in [1.29, 1.82) is 0 Å². The van der Waals surface area contributed by atoms with Gasteiger partial charge < -0.3 is 5.32 Å². The molecule has 24 heavy (non-hydrogen) atoms. The van der Waals surface area contributed by atoms with Crippen molar-refractivity contribution in [2.75, 3.05) is 13.1 Å². The first-order valence-corrected chi connectivity index (χ1v) is 10.0. The largest absolute Gasteiger partial charge is 0.345 e. The van der Waals surface area contributed by atoms with Crippen molar-refractivity contribution in [1.82, 2.24) is 14.6 Å². The summed E-state index contributed by atoms with van der Waals surface area (Å²) in [6, 6.07) is 7.36. The van der Waals surface area contributed by atoms with Gasteiger partial charge in [-0.25, -0.2) is 0 Å². The number of benzene rings is 1. The molecule has 0 radical (unpaired) electrons. The van der Waals surface area contributed by atoms with Gasteiger partial charge in [-0.05, 0) is 61.3 Å². The lowest BCUT2D eigenvalue weighted by Gasteiger charge is -2.47. The molecule has 126 valence electrons. The molecule has 1 aliphatic carbocycles. The van der Waals surface area contributed by atoms with E-state index < -0.39 is 0 Å². The minimum atomic E-state index is 0.00863. The second-order valence-electron chi connectivity index (χ2n) is 7.55. The number of fused-ring (bicyclic) bond motifs is 2. The second kappa shape index (κ2) is 5.81. The van der Waals surface area contributed by atoms with Crippen molar-refractivity contribution < 1.29 is 4.79 Å². The van der Waals surface area contributed by atoms with Gasteiger partial charge in [-0.2, -0.15) is 4.37 Å². The van der Waals surface area contributed by atoms with Crippen LogP contribution in [0.4, 0.5) is 0 Å². The van der Waals surface area contributed by atoms with Crippen LogP contribution in [0.2, 0.25) is 0 Å². The molecular weight excluding hydrogens is 318 g/mol. The monoisotopic (exact) mass is 341 g/mol. The van der Waals surface area contributed by atoms with Crippen LogP contribution in [-0.2, 0) is 0 Å². The fraction of sp³-hybridized carbons (Fsp3) is 0.579. The average Bonchev–Trinajstić information content (AvgIpc) is 3.36. The highest BCUT2D eigenvalue weighted by Crippen LogP contribution is 2.41. The minimum absolute atomic E-state index is 0.00863. The lowest BCUT2D eigenvalue weighted by molar-refractivity contribution is 0.0410. The van der Waals surface area contributed by atoms with E-state index in [9.17, 15) is 4.79 Å². The smallest absolute Gasteiger partial charge is 0.271 e. The zero-order chi connectivity index (χ0) is 16.1. The van der Waals surface area contributed by atoms with E-state index in [1.807, 2.05) is 0 Å². The molecule has 4 nitrogen and oxygen atoms in total. The van der Waals surface area contributed by atoms with Gasteiger partial charge >= 0.3 is 0 Å². The second-order valence-corrected chi connectivity index (χ2v) is 8.36. The summed E-state index contributed by atoms with van der Waals surface area (Å²) >= 11 is 1.46. The van der Waals surface area contributed by atoms with Crippen LogP contribution in [0.3, 0.4) is 0 Å². The molecule has 1 unspecified atom stereocenters. The van der Waals surface area contributed by atoms with E-state index in [0.717, 1.165) is 22.5 Å². The Bertz CT molecular complexity index is 782. The molecule has 5 heteroatoms. The fourth-order valence-electron chi connectivity index (χ4n) is 4.28. The van der Waals surface area contributed by atoms with Crippen LogP contribution in [0.15, 0.2) is 18.2 Å². The predicted molar refractivity (Wildman–Crippen MR) is 96.7 cm³/mol. The number of amides is 1. The summed E-state index contributed by atoms with van der Waals surface area (Å²) in [7, 11) is 0. The minimum Gasteiger partial charge on any atom is -0.345 e. The number of hydrogen-bond acceptors (Lipinski definition) is 4. The van der Waals surface area contributed by atoms with Crippen molar-refractivity contribution in [3.05, 3.63) is 29.5 Å². The molecule has 3 aliphatic rings. The summed E-state index contributed by atoms with van der Waals surface area (Å²) in [4.78, 5) is 15.3. The Morgan fingerprint density at radius 3 is 3.00 bits per heavy atom. The van der Waals surface area contributed by atoms with Gasteiger partial charge in [0.25, 0.3) is 5.91 Å². The van der Waals surface area contributed by atoms with E-state index in [4.69, 9.17) is 0 Å². The maximum absolute atomic E-state index is 12.7. The van der Waals surface area contributed by atoms with Gasteiger partial charge in [0.1, 0.15) is 5.69 Å². The highest BCUT2D eigenvalue weighted by Gasteiger charge is 2.40. The first-order valence-electron chi connectivity index (χ1n) is 9.24. The first kappa shape index (κ1) is 14.8. The lowest BCUT2D eigenvalue weighted by atomic mass is 9.93. The Morgan fingerprint density at radius 2 is 2.12 bits per heavy atom. The van der Waals surface area contributed by atoms with Crippen LogP contribution >= 0.6 is 11.5 Å². The number of hydrogen-bond donors (Lipinski definition) is 1. The number of carbonyl (C=O) groups excluding carboxylic acids is 1. The van der Waals surface area contributed by atoms with E-state index >= 15 is 0 Å². The van der Waals surface area contributed by atoms with Gasteiger partial charge in [0.15, 0.2) is 0 Å². The quantitative estimate of drug-likeness (QED) is 0.929. The Kier molecular flexibility index (Phi) is 3.60. The van der Waals surface area contributed by atoms with Gasteiger partial charge in [0.2, 0.25) is 0 Å². The third-order valence-corrected chi connectivity index (χ3v) is 6.69. The van der Waals surface area contributed by atoms with Crippen molar-refractivity contribution in [3.63, 3.8) is 0 Å². The van der Waals surface area contributed by atoms with Crippen molar-refractivity contribution in [2.45, 2.75) is 56.5 Å². The molecule has 0 spiro atoms. The highest BCUT2D eigenvalue weighted by molar-refractivity contribution is 7.13.